The monoisotopic (exact) mass is 198 g/mol. The molecule has 0 saturated heterocycles. The molecule has 0 saturated carbocycles. The molecule has 0 aliphatic rings. The number of hydrogen-bond donors (Lipinski definition) is 1. The Morgan fingerprint density at radius 3 is 2.50 bits per heavy atom. The largest absolute Gasteiger partial charge is 0.338 e. The van der Waals surface area contributed by atoms with Crippen LogP contribution in [0.2, 0.25) is 0 Å². The van der Waals surface area contributed by atoms with E-state index in [0.717, 1.165) is 13.0 Å². The van der Waals surface area contributed by atoms with Crippen molar-refractivity contribution in [3.63, 3.8) is 0 Å². The van der Waals surface area contributed by atoms with Crippen LogP contribution in [0.4, 0.5) is 0 Å². The number of amides is 1. The second kappa shape index (κ2) is 6.60. The normalized spacial score (nSPS) is 12.6. The van der Waals surface area contributed by atoms with Gasteiger partial charge in [-0.05, 0) is 12.3 Å². The van der Waals surface area contributed by atoms with Gasteiger partial charge >= 0.3 is 0 Å². The first kappa shape index (κ1) is 13.2. The van der Waals surface area contributed by atoms with Crippen molar-refractivity contribution in [2.45, 2.75) is 33.2 Å². The fourth-order valence-corrected chi connectivity index (χ4v) is 1.21. The minimum atomic E-state index is -0.388. The van der Waals surface area contributed by atoms with Crippen LogP contribution in [0.15, 0.2) is 12.7 Å². The summed E-state index contributed by atoms with van der Waals surface area (Å²) in [6.07, 6.45) is 2.69. The van der Waals surface area contributed by atoms with Gasteiger partial charge in [-0.15, -0.1) is 6.58 Å². The van der Waals surface area contributed by atoms with Gasteiger partial charge in [-0.1, -0.05) is 26.8 Å². The molecule has 0 aromatic rings. The summed E-state index contributed by atoms with van der Waals surface area (Å²) in [4.78, 5) is 13.6. The Morgan fingerprint density at radius 1 is 1.57 bits per heavy atom. The molecule has 14 heavy (non-hydrogen) atoms. The highest BCUT2D eigenvalue weighted by Gasteiger charge is 2.21. The summed E-state index contributed by atoms with van der Waals surface area (Å²) in [7, 11) is 0. The van der Waals surface area contributed by atoms with Crippen LogP contribution < -0.4 is 5.73 Å². The van der Waals surface area contributed by atoms with Crippen molar-refractivity contribution in [1.82, 2.24) is 4.90 Å². The van der Waals surface area contributed by atoms with Crippen molar-refractivity contribution in [2.75, 3.05) is 13.1 Å². The molecule has 0 aromatic carbocycles. The number of nitrogens with two attached hydrogens (primary N) is 1. The number of carbonyl (C=O) groups excluding carboxylic acids is 1. The third-order valence-electron chi connectivity index (χ3n) is 2.16. The fourth-order valence-electron chi connectivity index (χ4n) is 1.21. The van der Waals surface area contributed by atoms with Gasteiger partial charge in [-0.25, -0.2) is 0 Å². The van der Waals surface area contributed by atoms with E-state index in [9.17, 15) is 4.79 Å². The number of rotatable bonds is 6. The van der Waals surface area contributed by atoms with Crippen LogP contribution in [0.5, 0.6) is 0 Å². The lowest BCUT2D eigenvalue weighted by Gasteiger charge is -2.25. The second-order valence-electron chi connectivity index (χ2n) is 3.84. The van der Waals surface area contributed by atoms with Crippen molar-refractivity contribution in [3.05, 3.63) is 12.7 Å². The average Bonchev–Trinajstić information content (AvgIpc) is 2.15. The average molecular weight is 198 g/mol. The first-order valence-electron chi connectivity index (χ1n) is 5.19. The SMILES string of the molecule is C=CCN(CCC)C(=O)C(N)C(C)C. The third-order valence-corrected chi connectivity index (χ3v) is 2.16. The summed E-state index contributed by atoms with van der Waals surface area (Å²) < 4.78 is 0. The number of hydrogen-bond acceptors (Lipinski definition) is 2. The second-order valence-corrected chi connectivity index (χ2v) is 3.84. The molecule has 0 aliphatic carbocycles. The van der Waals surface area contributed by atoms with Crippen LogP contribution in [0.3, 0.4) is 0 Å². The molecule has 82 valence electrons. The molecule has 0 radical (unpaired) electrons. The molecule has 3 heteroatoms. The van der Waals surface area contributed by atoms with E-state index < -0.39 is 0 Å². The summed E-state index contributed by atoms with van der Waals surface area (Å²) in [5.74, 6) is 0.216. The Morgan fingerprint density at radius 2 is 2.14 bits per heavy atom. The molecule has 0 fully saturated rings. The molecule has 3 nitrogen and oxygen atoms in total. The number of nitrogens with zero attached hydrogens (tertiary/aromatic N) is 1. The van der Waals surface area contributed by atoms with E-state index >= 15 is 0 Å². The van der Waals surface area contributed by atoms with Gasteiger partial charge in [-0.3, -0.25) is 4.79 Å². The Bertz CT molecular complexity index is 190. The maximum absolute atomic E-state index is 11.8. The number of carbonyl (C=O) groups is 1. The Kier molecular flexibility index (Phi) is 6.21. The predicted octanol–water partition coefficient (Wildman–Crippen LogP) is 1.39. The van der Waals surface area contributed by atoms with Gasteiger partial charge in [0.15, 0.2) is 0 Å². The molecule has 0 bridgehead atoms. The quantitative estimate of drug-likeness (QED) is 0.656. The van der Waals surface area contributed by atoms with Crippen LogP contribution in [0, 0.1) is 5.92 Å². The van der Waals surface area contributed by atoms with E-state index in [-0.39, 0.29) is 17.9 Å². The standard InChI is InChI=1S/C11H22N2O/c1-5-7-13(8-6-2)11(14)10(12)9(3)4/h5,9-10H,1,6-8,12H2,2-4H3. The molecular weight excluding hydrogens is 176 g/mol. The lowest BCUT2D eigenvalue weighted by atomic mass is 10.0. The first-order valence-corrected chi connectivity index (χ1v) is 5.19. The zero-order valence-electron chi connectivity index (χ0n) is 9.49. The molecule has 0 aromatic heterocycles. The topological polar surface area (TPSA) is 46.3 Å². The molecule has 0 rings (SSSR count). The predicted molar refractivity (Wildman–Crippen MR) is 59.9 cm³/mol. The van der Waals surface area contributed by atoms with Gasteiger partial charge in [0.2, 0.25) is 5.91 Å². The third kappa shape index (κ3) is 3.92. The molecule has 1 atom stereocenters. The van der Waals surface area contributed by atoms with Crippen LogP contribution >= 0.6 is 0 Å². The van der Waals surface area contributed by atoms with Gasteiger partial charge < -0.3 is 10.6 Å². The van der Waals surface area contributed by atoms with Gasteiger partial charge in [0.25, 0.3) is 0 Å². The van der Waals surface area contributed by atoms with Crippen molar-refractivity contribution >= 4 is 5.91 Å². The summed E-state index contributed by atoms with van der Waals surface area (Å²) >= 11 is 0. The van der Waals surface area contributed by atoms with E-state index in [2.05, 4.69) is 6.58 Å². The molecule has 0 spiro atoms. The van der Waals surface area contributed by atoms with E-state index in [1.807, 2.05) is 20.8 Å². The van der Waals surface area contributed by atoms with Crippen molar-refractivity contribution in [3.8, 4) is 0 Å². The van der Waals surface area contributed by atoms with Gasteiger partial charge in [0.1, 0.15) is 0 Å². The van der Waals surface area contributed by atoms with Gasteiger partial charge in [-0.2, -0.15) is 0 Å². The lowest BCUT2D eigenvalue weighted by molar-refractivity contribution is -0.133. The summed E-state index contributed by atoms with van der Waals surface area (Å²) in [6.45, 7) is 10.9. The van der Waals surface area contributed by atoms with Crippen LogP contribution in [0.25, 0.3) is 0 Å². The van der Waals surface area contributed by atoms with Crippen LogP contribution in [-0.2, 0) is 4.79 Å². The van der Waals surface area contributed by atoms with Crippen LogP contribution in [-0.4, -0.2) is 29.9 Å². The summed E-state index contributed by atoms with van der Waals surface area (Å²) in [5.41, 5.74) is 5.80. The van der Waals surface area contributed by atoms with E-state index in [4.69, 9.17) is 5.73 Å². The molecule has 2 N–H and O–H groups in total. The maximum atomic E-state index is 11.8. The molecule has 0 aliphatic heterocycles. The summed E-state index contributed by atoms with van der Waals surface area (Å²) in [5, 5.41) is 0. The molecular formula is C11H22N2O. The van der Waals surface area contributed by atoms with Gasteiger partial charge in [0, 0.05) is 13.1 Å². The summed E-state index contributed by atoms with van der Waals surface area (Å²) in [6, 6.07) is -0.388. The van der Waals surface area contributed by atoms with Crippen molar-refractivity contribution in [2.24, 2.45) is 11.7 Å². The minimum Gasteiger partial charge on any atom is -0.338 e. The van der Waals surface area contributed by atoms with Crippen molar-refractivity contribution < 1.29 is 4.79 Å². The highest BCUT2D eigenvalue weighted by Crippen LogP contribution is 2.04. The Balaban J connectivity index is 4.33. The Hall–Kier alpha value is -0.830. The molecule has 0 heterocycles. The Labute approximate surface area is 87.0 Å². The zero-order valence-corrected chi connectivity index (χ0v) is 9.49. The lowest BCUT2D eigenvalue weighted by Crippen LogP contribution is -2.46. The van der Waals surface area contributed by atoms with E-state index in [1.54, 1.807) is 11.0 Å². The minimum absolute atomic E-state index is 0.0294. The fraction of sp³-hybridized carbons (Fsp3) is 0.727. The van der Waals surface area contributed by atoms with Gasteiger partial charge in [0.05, 0.1) is 6.04 Å². The highest BCUT2D eigenvalue weighted by molar-refractivity contribution is 5.82. The molecule has 1 amide bonds. The maximum Gasteiger partial charge on any atom is 0.240 e. The first-order chi connectivity index (χ1) is 6.54. The zero-order chi connectivity index (χ0) is 11.1. The highest BCUT2D eigenvalue weighted by atomic mass is 16.2. The van der Waals surface area contributed by atoms with E-state index in [0.29, 0.717) is 6.54 Å². The van der Waals surface area contributed by atoms with Crippen molar-refractivity contribution in [1.29, 1.82) is 0 Å². The smallest absolute Gasteiger partial charge is 0.240 e. The van der Waals surface area contributed by atoms with E-state index in [1.165, 1.54) is 0 Å². The molecule has 1 unspecified atom stereocenters. The van der Waals surface area contributed by atoms with Crippen LogP contribution in [0.1, 0.15) is 27.2 Å².